The monoisotopic (exact) mass is 318 g/mol. The van der Waals surface area contributed by atoms with Crippen LogP contribution in [0, 0.1) is 17.8 Å². The number of aromatic nitrogens is 1. The van der Waals surface area contributed by atoms with E-state index in [9.17, 15) is 4.79 Å². The molecule has 1 aromatic carbocycles. The Hall–Kier alpha value is -2.80. The summed E-state index contributed by atoms with van der Waals surface area (Å²) in [6.07, 6.45) is 4.72. The molecule has 2 heterocycles. The zero-order valence-electron chi connectivity index (χ0n) is 13.3. The first-order chi connectivity index (χ1) is 11.8. The van der Waals surface area contributed by atoms with Crippen molar-refractivity contribution in [2.75, 3.05) is 11.5 Å². The van der Waals surface area contributed by atoms with Gasteiger partial charge in [0.25, 0.3) is 0 Å². The lowest BCUT2D eigenvalue weighted by molar-refractivity contribution is 0.104. The SMILES string of the molecule is O=C1OC[C@H]2CCC[C@H]2N1c1ccc(C#Cc2ccccc2)cn1. The van der Waals surface area contributed by atoms with Gasteiger partial charge in [-0.1, -0.05) is 36.5 Å². The number of cyclic esters (lactones) is 1. The van der Waals surface area contributed by atoms with Crippen LogP contribution < -0.4 is 4.90 Å². The summed E-state index contributed by atoms with van der Waals surface area (Å²) in [5.74, 6) is 7.30. The molecule has 1 saturated carbocycles. The van der Waals surface area contributed by atoms with Gasteiger partial charge < -0.3 is 4.74 Å². The minimum atomic E-state index is -0.284. The molecule has 4 nitrogen and oxygen atoms in total. The van der Waals surface area contributed by atoms with E-state index in [4.69, 9.17) is 4.74 Å². The Bertz CT molecular complexity index is 790. The Morgan fingerprint density at radius 2 is 1.88 bits per heavy atom. The Kier molecular flexibility index (Phi) is 3.92. The number of carbonyl (C=O) groups excluding carboxylic acids is 1. The van der Waals surface area contributed by atoms with E-state index >= 15 is 0 Å². The summed E-state index contributed by atoms with van der Waals surface area (Å²) in [6.45, 7) is 0.542. The molecule has 120 valence electrons. The maximum absolute atomic E-state index is 12.2. The Labute approximate surface area is 141 Å². The van der Waals surface area contributed by atoms with Crippen molar-refractivity contribution in [1.29, 1.82) is 0 Å². The molecule has 0 spiro atoms. The molecule has 1 aromatic heterocycles. The average Bonchev–Trinajstić information content (AvgIpc) is 3.10. The lowest BCUT2D eigenvalue weighted by atomic mass is 10.0. The summed E-state index contributed by atoms with van der Waals surface area (Å²) in [5, 5.41) is 0. The van der Waals surface area contributed by atoms with Gasteiger partial charge in [0.1, 0.15) is 5.82 Å². The number of nitrogens with zero attached hydrogens (tertiary/aromatic N) is 2. The first-order valence-electron chi connectivity index (χ1n) is 8.30. The van der Waals surface area contributed by atoms with Gasteiger partial charge in [-0.25, -0.2) is 9.78 Å². The average molecular weight is 318 g/mol. The van der Waals surface area contributed by atoms with Gasteiger partial charge in [-0.3, -0.25) is 4.90 Å². The van der Waals surface area contributed by atoms with E-state index < -0.39 is 0 Å². The van der Waals surface area contributed by atoms with Crippen molar-refractivity contribution in [1.82, 2.24) is 4.98 Å². The van der Waals surface area contributed by atoms with Gasteiger partial charge >= 0.3 is 6.09 Å². The highest BCUT2D eigenvalue weighted by atomic mass is 16.6. The van der Waals surface area contributed by atoms with E-state index in [1.54, 1.807) is 11.1 Å². The summed E-state index contributed by atoms with van der Waals surface area (Å²) in [6, 6.07) is 13.8. The third-order valence-corrected chi connectivity index (χ3v) is 4.69. The molecule has 0 N–H and O–H groups in total. The van der Waals surface area contributed by atoms with Crippen LogP contribution in [0.15, 0.2) is 48.7 Å². The van der Waals surface area contributed by atoms with Crippen LogP contribution in [0.4, 0.5) is 10.6 Å². The van der Waals surface area contributed by atoms with Crippen LogP contribution in [-0.2, 0) is 4.74 Å². The highest BCUT2D eigenvalue weighted by Gasteiger charge is 2.41. The number of carbonyl (C=O) groups is 1. The number of amides is 1. The lowest BCUT2D eigenvalue weighted by Gasteiger charge is -2.35. The number of ether oxygens (including phenoxy) is 1. The summed E-state index contributed by atoms with van der Waals surface area (Å²) in [5.41, 5.74) is 1.80. The van der Waals surface area contributed by atoms with Gasteiger partial charge in [0.05, 0.1) is 6.61 Å². The molecule has 2 aliphatic rings. The summed E-state index contributed by atoms with van der Waals surface area (Å²) < 4.78 is 5.31. The van der Waals surface area contributed by atoms with E-state index in [0.29, 0.717) is 18.3 Å². The maximum atomic E-state index is 12.2. The molecule has 0 radical (unpaired) electrons. The number of pyridine rings is 1. The fourth-order valence-electron chi connectivity index (χ4n) is 3.47. The Morgan fingerprint density at radius 3 is 2.67 bits per heavy atom. The van der Waals surface area contributed by atoms with Crippen LogP contribution in [0.5, 0.6) is 0 Å². The summed E-state index contributed by atoms with van der Waals surface area (Å²) in [7, 11) is 0. The molecule has 1 aliphatic heterocycles. The van der Waals surface area contributed by atoms with Crippen LogP contribution in [0.1, 0.15) is 30.4 Å². The van der Waals surface area contributed by atoms with Gasteiger partial charge in [0.2, 0.25) is 0 Å². The second kappa shape index (κ2) is 6.37. The second-order valence-corrected chi connectivity index (χ2v) is 6.23. The second-order valence-electron chi connectivity index (χ2n) is 6.23. The predicted octanol–water partition coefficient (Wildman–Crippen LogP) is 3.61. The first kappa shape index (κ1) is 14.8. The molecule has 4 heteroatoms. The van der Waals surface area contributed by atoms with Crippen LogP contribution in [0.3, 0.4) is 0 Å². The van der Waals surface area contributed by atoms with E-state index in [1.807, 2.05) is 42.5 Å². The molecule has 2 atom stereocenters. The van der Waals surface area contributed by atoms with Crippen molar-refractivity contribution < 1.29 is 9.53 Å². The van der Waals surface area contributed by atoms with Crippen molar-refractivity contribution in [3.8, 4) is 11.8 Å². The minimum absolute atomic E-state index is 0.222. The molecule has 2 aromatic rings. The largest absolute Gasteiger partial charge is 0.449 e. The van der Waals surface area contributed by atoms with Gasteiger partial charge in [-0.05, 0) is 37.1 Å². The lowest BCUT2D eigenvalue weighted by Crippen LogP contribution is -2.49. The number of rotatable bonds is 1. The summed E-state index contributed by atoms with van der Waals surface area (Å²) in [4.78, 5) is 18.3. The predicted molar refractivity (Wildman–Crippen MR) is 91.6 cm³/mol. The number of benzene rings is 1. The van der Waals surface area contributed by atoms with E-state index in [2.05, 4.69) is 16.8 Å². The standard InChI is InChI=1S/C20H18N2O2/c23-20-22(18-8-4-7-17(18)14-24-20)19-12-11-16(13-21-19)10-9-15-5-2-1-3-6-15/h1-3,5-6,11-13,17-18H,4,7-8,14H2/t17-,18-/m1/s1. The molecule has 2 fully saturated rings. The molecule has 1 amide bonds. The van der Waals surface area contributed by atoms with Gasteiger partial charge in [0.15, 0.2) is 0 Å². The third kappa shape index (κ3) is 2.85. The van der Waals surface area contributed by atoms with E-state index in [0.717, 1.165) is 30.4 Å². The highest BCUT2D eigenvalue weighted by Crippen LogP contribution is 2.36. The maximum Gasteiger partial charge on any atom is 0.415 e. The topological polar surface area (TPSA) is 42.4 Å². The van der Waals surface area contributed by atoms with E-state index in [-0.39, 0.29) is 12.1 Å². The van der Waals surface area contributed by atoms with Gasteiger partial charge in [-0.15, -0.1) is 0 Å². The highest BCUT2D eigenvalue weighted by molar-refractivity contribution is 5.88. The molecule has 4 rings (SSSR count). The van der Waals surface area contributed by atoms with Crippen molar-refractivity contribution in [3.05, 3.63) is 59.8 Å². The van der Waals surface area contributed by atoms with Crippen molar-refractivity contribution in [2.45, 2.75) is 25.3 Å². The molecule has 0 bridgehead atoms. The molecule has 1 saturated heterocycles. The smallest absolute Gasteiger partial charge is 0.415 e. The fourth-order valence-corrected chi connectivity index (χ4v) is 3.47. The fraction of sp³-hybridized carbons (Fsp3) is 0.300. The van der Waals surface area contributed by atoms with Crippen molar-refractivity contribution in [2.24, 2.45) is 5.92 Å². The van der Waals surface area contributed by atoms with Crippen LogP contribution in [-0.4, -0.2) is 23.7 Å². The Balaban J connectivity index is 1.55. The van der Waals surface area contributed by atoms with Crippen molar-refractivity contribution >= 4 is 11.9 Å². The number of fused-ring (bicyclic) bond motifs is 1. The zero-order chi connectivity index (χ0) is 16.4. The number of hydrogen-bond acceptors (Lipinski definition) is 3. The van der Waals surface area contributed by atoms with E-state index in [1.165, 1.54) is 0 Å². The Morgan fingerprint density at radius 1 is 1.04 bits per heavy atom. The third-order valence-electron chi connectivity index (χ3n) is 4.69. The van der Waals surface area contributed by atoms with Crippen molar-refractivity contribution in [3.63, 3.8) is 0 Å². The molecular formula is C20H18N2O2. The normalized spacial score (nSPS) is 22.3. The van der Waals surface area contributed by atoms with Crippen LogP contribution in [0.2, 0.25) is 0 Å². The number of anilines is 1. The zero-order valence-corrected chi connectivity index (χ0v) is 13.3. The number of hydrogen-bond donors (Lipinski definition) is 0. The van der Waals surface area contributed by atoms with Crippen LogP contribution >= 0.6 is 0 Å². The quantitative estimate of drug-likeness (QED) is 0.754. The minimum Gasteiger partial charge on any atom is -0.449 e. The molecular weight excluding hydrogens is 300 g/mol. The summed E-state index contributed by atoms with van der Waals surface area (Å²) >= 11 is 0. The van der Waals surface area contributed by atoms with Gasteiger partial charge in [-0.2, -0.15) is 0 Å². The molecule has 24 heavy (non-hydrogen) atoms. The molecule has 0 unspecified atom stereocenters. The van der Waals surface area contributed by atoms with Crippen LogP contribution in [0.25, 0.3) is 0 Å². The first-order valence-corrected chi connectivity index (χ1v) is 8.30. The van der Waals surface area contributed by atoms with Gasteiger partial charge in [0, 0.05) is 29.3 Å². The molecule has 1 aliphatic carbocycles.